The highest BCUT2D eigenvalue weighted by Crippen LogP contribution is 2.24. The van der Waals surface area contributed by atoms with Gasteiger partial charge in [-0.1, -0.05) is 18.2 Å². The molecule has 0 saturated carbocycles. The van der Waals surface area contributed by atoms with E-state index in [2.05, 4.69) is 0 Å². The Morgan fingerprint density at radius 2 is 2.23 bits per heavy atom. The third kappa shape index (κ3) is 2.62. The van der Waals surface area contributed by atoms with Crippen molar-refractivity contribution in [3.8, 4) is 0 Å². The van der Waals surface area contributed by atoms with Crippen molar-refractivity contribution in [1.29, 1.82) is 0 Å². The highest BCUT2D eigenvalue weighted by atomic mass is 16.5. The zero-order valence-electron chi connectivity index (χ0n) is 12.9. The predicted molar refractivity (Wildman–Crippen MR) is 85.0 cm³/mol. The Morgan fingerprint density at radius 1 is 1.41 bits per heavy atom. The van der Waals surface area contributed by atoms with E-state index in [-0.39, 0.29) is 18.6 Å². The third-order valence-corrected chi connectivity index (χ3v) is 4.40. The van der Waals surface area contributed by atoms with Gasteiger partial charge < -0.3 is 19.3 Å². The van der Waals surface area contributed by atoms with Crippen LogP contribution in [0.15, 0.2) is 30.3 Å². The topological polar surface area (TPSA) is 54.7 Å². The fourth-order valence-electron chi connectivity index (χ4n) is 3.25. The summed E-state index contributed by atoms with van der Waals surface area (Å²) in [7, 11) is 1.66. The SMILES string of the molecule is COCCn1c(C(=O)N2CCC[C@@H]2CO)cc2ccccc21. The molecule has 0 radical (unpaired) electrons. The summed E-state index contributed by atoms with van der Waals surface area (Å²) in [6.45, 7) is 1.95. The zero-order valence-corrected chi connectivity index (χ0v) is 12.9. The van der Waals surface area contributed by atoms with Gasteiger partial charge in [0.05, 0.1) is 19.3 Å². The molecule has 2 aromatic rings. The summed E-state index contributed by atoms with van der Waals surface area (Å²) in [5.74, 6) is 0.00357. The van der Waals surface area contributed by atoms with E-state index in [9.17, 15) is 9.90 Å². The molecule has 0 unspecified atom stereocenters. The Bertz CT molecular complexity index is 665. The molecule has 118 valence electrons. The highest BCUT2D eigenvalue weighted by molar-refractivity contribution is 5.99. The first kappa shape index (κ1) is 15.1. The summed E-state index contributed by atoms with van der Waals surface area (Å²) < 4.78 is 7.20. The molecular formula is C17H22N2O3. The largest absolute Gasteiger partial charge is 0.394 e. The second kappa shape index (κ2) is 6.50. The number of fused-ring (bicyclic) bond motifs is 1. The monoisotopic (exact) mass is 302 g/mol. The fourth-order valence-corrected chi connectivity index (χ4v) is 3.25. The number of methoxy groups -OCH3 is 1. The van der Waals surface area contributed by atoms with E-state index in [0.717, 1.165) is 30.3 Å². The van der Waals surface area contributed by atoms with Crippen molar-refractivity contribution in [1.82, 2.24) is 9.47 Å². The molecule has 5 heteroatoms. The summed E-state index contributed by atoms with van der Waals surface area (Å²) in [6.07, 6.45) is 1.83. The van der Waals surface area contributed by atoms with Crippen molar-refractivity contribution in [2.45, 2.75) is 25.4 Å². The van der Waals surface area contributed by atoms with E-state index < -0.39 is 0 Å². The fraction of sp³-hybridized carbons (Fsp3) is 0.471. The van der Waals surface area contributed by atoms with E-state index in [1.807, 2.05) is 34.9 Å². The standard InChI is InChI=1S/C17H22N2O3/c1-22-10-9-19-15-7-3-2-5-13(15)11-16(19)17(21)18-8-4-6-14(18)12-20/h2-3,5,7,11,14,20H,4,6,8-10,12H2,1H3/t14-/m1/s1. The van der Waals surface area contributed by atoms with Crippen LogP contribution in [0, 0.1) is 0 Å². The number of aromatic nitrogens is 1. The van der Waals surface area contributed by atoms with Crippen molar-refractivity contribution in [3.05, 3.63) is 36.0 Å². The maximum absolute atomic E-state index is 12.9. The second-order valence-corrected chi connectivity index (χ2v) is 5.71. The number of hydrogen-bond donors (Lipinski definition) is 1. The lowest BCUT2D eigenvalue weighted by Gasteiger charge is -2.23. The van der Waals surface area contributed by atoms with Crippen molar-refractivity contribution in [2.24, 2.45) is 0 Å². The molecule has 0 spiro atoms. The second-order valence-electron chi connectivity index (χ2n) is 5.71. The van der Waals surface area contributed by atoms with Gasteiger partial charge in [-0.15, -0.1) is 0 Å². The number of ether oxygens (including phenoxy) is 1. The minimum atomic E-state index is -0.0543. The van der Waals surface area contributed by atoms with Crippen LogP contribution in [0.1, 0.15) is 23.3 Å². The molecule has 2 heterocycles. The van der Waals surface area contributed by atoms with E-state index in [4.69, 9.17) is 4.74 Å². The molecule has 1 aliphatic rings. The summed E-state index contributed by atoms with van der Waals surface area (Å²) in [5, 5.41) is 10.5. The van der Waals surface area contributed by atoms with Crippen LogP contribution in [-0.2, 0) is 11.3 Å². The van der Waals surface area contributed by atoms with Crippen molar-refractivity contribution in [2.75, 3.05) is 26.9 Å². The van der Waals surface area contributed by atoms with E-state index in [1.54, 1.807) is 12.0 Å². The average molecular weight is 302 g/mol. The van der Waals surface area contributed by atoms with Gasteiger partial charge in [0.2, 0.25) is 0 Å². The maximum Gasteiger partial charge on any atom is 0.270 e. The normalized spacial score (nSPS) is 18.3. The first-order valence-electron chi connectivity index (χ1n) is 7.75. The number of carbonyl (C=O) groups excluding carboxylic acids is 1. The number of amides is 1. The minimum absolute atomic E-state index is 0.00357. The van der Waals surface area contributed by atoms with Crippen LogP contribution in [0.3, 0.4) is 0 Å². The van der Waals surface area contributed by atoms with Crippen LogP contribution in [0.2, 0.25) is 0 Å². The minimum Gasteiger partial charge on any atom is -0.394 e. The average Bonchev–Trinajstić information content (AvgIpc) is 3.16. The Kier molecular flexibility index (Phi) is 4.45. The van der Waals surface area contributed by atoms with Crippen LogP contribution < -0.4 is 0 Å². The Balaban J connectivity index is 1.99. The van der Waals surface area contributed by atoms with Gasteiger partial charge in [0, 0.05) is 31.1 Å². The van der Waals surface area contributed by atoms with E-state index >= 15 is 0 Å². The molecule has 1 aromatic heterocycles. The smallest absolute Gasteiger partial charge is 0.270 e. The van der Waals surface area contributed by atoms with Gasteiger partial charge in [0.25, 0.3) is 5.91 Å². The molecule has 1 aliphatic heterocycles. The van der Waals surface area contributed by atoms with Gasteiger partial charge in [-0.25, -0.2) is 0 Å². The molecule has 1 fully saturated rings. The lowest BCUT2D eigenvalue weighted by atomic mass is 10.2. The highest BCUT2D eigenvalue weighted by Gasteiger charge is 2.30. The predicted octanol–water partition coefficient (Wildman–Crippen LogP) is 1.88. The molecule has 1 saturated heterocycles. The molecule has 5 nitrogen and oxygen atoms in total. The van der Waals surface area contributed by atoms with Gasteiger partial charge in [-0.2, -0.15) is 0 Å². The van der Waals surface area contributed by atoms with Gasteiger partial charge >= 0.3 is 0 Å². The number of benzene rings is 1. The lowest BCUT2D eigenvalue weighted by Crippen LogP contribution is -2.38. The van der Waals surface area contributed by atoms with Crippen LogP contribution in [-0.4, -0.2) is 53.4 Å². The number of aliphatic hydroxyl groups is 1. The molecule has 0 bridgehead atoms. The van der Waals surface area contributed by atoms with E-state index in [1.165, 1.54) is 0 Å². The van der Waals surface area contributed by atoms with Crippen molar-refractivity contribution in [3.63, 3.8) is 0 Å². The first-order chi connectivity index (χ1) is 10.8. The molecule has 1 amide bonds. The van der Waals surface area contributed by atoms with Crippen LogP contribution in [0.25, 0.3) is 10.9 Å². The number of para-hydroxylation sites is 1. The number of nitrogens with zero attached hydrogens (tertiary/aromatic N) is 2. The van der Waals surface area contributed by atoms with Crippen molar-refractivity contribution < 1.29 is 14.6 Å². The Labute approximate surface area is 130 Å². The number of carbonyl (C=O) groups is 1. The molecule has 1 aromatic carbocycles. The summed E-state index contributed by atoms with van der Waals surface area (Å²) in [4.78, 5) is 14.7. The van der Waals surface area contributed by atoms with Crippen LogP contribution in [0.5, 0.6) is 0 Å². The molecule has 22 heavy (non-hydrogen) atoms. The van der Waals surface area contributed by atoms with Gasteiger partial charge in [-0.3, -0.25) is 4.79 Å². The number of hydrogen-bond acceptors (Lipinski definition) is 3. The molecule has 0 aliphatic carbocycles. The quantitative estimate of drug-likeness (QED) is 0.917. The lowest BCUT2D eigenvalue weighted by molar-refractivity contribution is 0.0665. The number of rotatable bonds is 5. The number of likely N-dealkylation sites (tertiary alicyclic amines) is 1. The van der Waals surface area contributed by atoms with Gasteiger partial charge in [0.1, 0.15) is 5.69 Å². The summed E-state index contributed by atoms with van der Waals surface area (Å²) in [5.41, 5.74) is 1.72. The summed E-state index contributed by atoms with van der Waals surface area (Å²) in [6, 6.07) is 9.88. The van der Waals surface area contributed by atoms with Crippen LogP contribution in [0.4, 0.5) is 0 Å². The van der Waals surface area contributed by atoms with Gasteiger partial charge in [0.15, 0.2) is 0 Å². The van der Waals surface area contributed by atoms with Crippen molar-refractivity contribution >= 4 is 16.8 Å². The first-order valence-corrected chi connectivity index (χ1v) is 7.75. The van der Waals surface area contributed by atoms with Crippen LogP contribution >= 0.6 is 0 Å². The van der Waals surface area contributed by atoms with E-state index in [0.29, 0.717) is 18.8 Å². The maximum atomic E-state index is 12.9. The number of aliphatic hydroxyl groups excluding tert-OH is 1. The Hall–Kier alpha value is -1.85. The summed E-state index contributed by atoms with van der Waals surface area (Å²) >= 11 is 0. The Morgan fingerprint density at radius 3 is 3.00 bits per heavy atom. The molecule has 1 N–H and O–H groups in total. The molecule has 1 atom stereocenters. The molecule has 3 rings (SSSR count). The molecular weight excluding hydrogens is 280 g/mol. The zero-order chi connectivity index (χ0) is 15.5. The van der Waals surface area contributed by atoms with Gasteiger partial charge in [-0.05, 0) is 25.0 Å². The third-order valence-electron chi connectivity index (χ3n) is 4.40.